The van der Waals surface area contributed by atoms with Crippen LogP contribution in [0.2, 0.25) is 0 Å². The summed E-state index contributed by atoms with van der Waals surface area (Å²) in [5.41, 5.74) is 0. The fourth-order valence-electron chi connectivity index (χ4n) is 1.17. The molecule has 13 heavy (non-hydrogen) atoms. The first-order valence-electron chi connectivity index (χ1n) is 4.38. The van der Waals surface area contributed by atoms with E-state index < -0.39 is 12.8 Å². The average Bonchev–Trinajstić information content (AvgIpc) is 2.07. The molecule has 0 bridgehead atoms. The molecule has 0 spiro atoms. The first kappa shape index (κ1) is 12.6. The second-order valence-electron chi connectivity index (χ2n) is 2.79. The Kier molecular flexibility index (Phi) is 4.63. The van der Waals surface area contributed by atoms with Crippen LogP contribution < -0.4 is 0 Å². The minimum Gasteiger partial charge on any atom is -0.323 e. The molecule has 76 valence electrons. The first-order chi connectivity index (χ1) is 5.99. The van der Waals surface area contributed by atoms with Crippen LogP contribution in [0.3, 0.4) is 0 Å². The van der Waals surface area contributed by atoms with Crippen LogP contribution in [0.4, 0.5) is 0 Å². The van der Waals surface area contributed by atoms with E-state index in [-0.39, 0.29) is 6.61 Å². The third kappa shape index (κ3) is 2.31. The average molecular weight is 205 g/mol. The summed E-state index contributed by atoms with van der Waals surface area (Å²) in [6, 6.07) is 1.90. The zero-order chi connectivity index (χ0) is 10.5. The molecule has 0 aromatic carbocycles. The molecule has 4 nitrogen and oxygen atoms in total. The van der Waals surface area contributed by atoms with Gasteiger partial charge in [0.05, 0.1) is 12.7 Å². The van der Waals surface area contributed by atoms with Gasteiger partial charge in [-0.3, -0.25) is 4.57 Å². The Morgan fingerprint density at radius 1 is 1.46 bits per heavy atom. The summed E-state index contributed by atoms with van der Waals surface area (Å²) in [5, 5.41) is 7.64. The highest BCUT2D eigenvalue weighted by atomic mass is 31.2. The third-order valence-corrected chi connectivity index (χ3v) is 4.65. The topological polar surface area (TPSA) is 70.3 Å². The summed E-state index contributed by atoms with van der Waals surface area (Å²) in [4.78, 5) is 9.54. The molecule has 0 heterocycles. The summed E-state index contributed by atoms with van der Waals surface area (Å²) < 4.78 is 16.4. The van der Waals surface area contributed by atoms with Gasteiger partial charge in [0, 0.05) is 0 Å². The molecule has 0 radical (unpaired) electrons. The van der Waals surface area contributed by atoms with Crippen molar-refractivity contribution in [3.63, 3.8) is 0 Å². The van der Waals surface area contributed by atoms with Crippen LogP contribution in [-0.4, -0.2) is 16.7 Å². The Bertz CT molecular complexity index is 242. The summed E-state index contributed by atoms with van der Waals surface area (Å²) in [7, 11) is -3.79. The highest BCUT2D eigenvalue weighted by Gasteiger charge is 2.46. The van der Waals surface area contributed by atoms with Gasteiger partial charge in [-0.25, -0.2) is 0 Å². The monoisotopic (exact) mass is 205 g/mol. The SMILES string of the molecule is CCOP(=O)(O)C(C#N)(CC)CC. The summed E-state index contributed by atoms with van der Waals surface area (Å²) in [6.45, 7) is 5.22. The number of nitriles is 1. The van der Waals surface area contributed by atoms with Crippen molar-refractivity contribution in [2.75, 3.05) is 6.61 Å². The zero-order valence-corrected chi connectivity index (χ0v) is 9.17. The van der Waals surface area contributed by atoms with Crippen LogP contribution in [0.25, 0.3) is 0 Å². The molecule has 0 saturated carbocycles. The highest BCUT2D eigenvalue weighted by molar-refractivity contribution is 7.55. The van der Waals surface area contributed by atoms with Crippen LogP contribution >= 0.6 is 7.60 Å². The van der Waals surface area contributed by atoms with Crippen molar-refractivity contribution < 1.29 is 14.0 Å². The quantitative estimate of drug-likeness (QED) is 0.699. The molecule has 0 saturated heterocycles. The maximum Gasteiger partial charge on any atom is 0.348 e. The molecule has 0 fully saturated rings. The minimum atomic E-state index is -3.79. The summed E-state index contributed by atoms with van der Waals surface area (Å²) in [6.07, 6.45) is 0.654. The number of hydrogen-bond acceptors (Lipinski definition) is 3. The van der Waals surface area contributed by atoms with E-state index in [2.05, 4.69) is 0 Å². The van der Waals surface area contributed by atoms with Gasteiger partial charge in [0.2, 0.25) is 0 Å². The lowest BCUT2D eigenvalue weighted by Gasteiger charge is -2.27. The van der Waals surface area contributed by atoms with Gasteiger partial charge in [-0.15, -0.1) is 0 Å². The fraction of sp³-hybridized carbons (Fsp3) is 0.875. The van der Waals surface area contributed by atoms with Crippen LogP contribution in [0, 0.1) is 11.3 Å². The lowest BCUT2D eigenvalue weighted by molar-refractivity contribution is 0.251. The number of hydrogen-bond donors (Lipinski definition) is 1. The lowest BCUT2D eigenvalue weighted by Crippen LogP contribution is -2.26. The van der Waals surface area contributed by atoms with Crippen LogP contribution in [0.1, 0.15) is 33.6 Å². The zero-order valence-electron chi connectivity index (χ0n) is 8.28. The van der Waals surface area contributed by atoms with Gasteiger partial charge in [-0.2, -0.15) is 5.26 Å². The van der Waals surface area contributed by atoms with E-state index in [1.54, 1.807) is 20.8 Å². The van der Waals surface area contributed by atoms with E-state index in [1.165, 1.54) is 0 Å². The molecule has 0 amide bonds. The largest absolute Gasteiger partial charge is 0.348 e. The molecule has 0 aliphatic carbocycles. The van der Waals surface area contributed by atoms with E-state index in [4.69, 9.17) is 9.79 Å². The molecule has 1 atom stereocenters. The van der Waals surface area contributed by atoms with Gasteiger partial charge in [0.15, 0.2) is 5.16 Å². The lowest BCUT2D eigenvalue weighted by atomic mass is 10.1. The van der Waals surface area contributed by atoms with Gasteiger partial charge in [-0.05, 0) is 19.8 Å². The maximum absolute atomic E-state index is 11.6. The Morgan fingerprint density at radius 2 is 1.92 bits per heavy atom. The van der Waals surface area contributed by atoms with Gasteiger partial charge in [0.1, 0.15) is 0 Å². The molecule has 0 aromatic rings. The van der Waals surface area contributed by atoms with Crippen molar-refractivity contribution in [3.05, 3.63) is 0 Å². The Labute approximate surface area is 79.1 Å². The summed E-state index contributed by atoms with van der Waals surface area (Å²) >= 11 is 0. The van der Waals surface area contributed by atoms with Gasteiger partial charge in [0.25, 0.3) is 0 Å². The Balaban J connectivity index is 4.95. The molecule has 1 unspecified atom stereocenters. The fourth-order valence-corrected chi connectivity index (χ4v) is 2.69. The van der Waals surface area contributed by atoms with Crippen LogP contribution in [-0.2, 0) is 9.09 Å². The normalized spacial score (nSPS) is 16.2. The molecular weight excluding hydrogens is 189 g/mol. The maximum atomic E-state index is 11.6. The van der Waals surface area contributed by atoms with Crippen molar-refractivity contribution >= 4 is 7.60 Å². The molecule has 0 aliphatic rings. The van der Waals surface area contributed by atoms with Crippen molar-refractivity contribution in [2.24, 2.45) is 0 Å². The van der Waals surface area contributed by atoms with Gasteiger partial charge in [-0.1, -0.05) is 13.8 Å². The standard InChI is InChI=1S/C8H16NO3P/c1-4-8(5-2,7-9)13(10,11)12-6-3/h4-6H2,1-3H3,(H,10,11). The molecular formula is C8H16NO3P. The van der Waals surface area contributed by atoms with Crippen molar-refractivity contribution in [3.8, 4) is 6.07 Å². The van der Waals surface area contributed by atoms with E-state index >= 15 is 0 Å². The van der Waals surface area contributed by atoms with Crippen molar-refractivity contribution in [2.45, 2.75) is 38.8 Å². The van der Waals surface area contributed by atoms with Gasteiger partial charge >= 0.3 is 7.60 Å². The third-order valence-electron chi connectivity index (χ3n) is 2.22. The molecule has 5 heteroatoms. The summed E-state index contributed by atoms with van der Waals surface area (Å²) in [5.74, 6) is 0. The van der Waals surface area contributed by atoms with E-state index in [9.17, 15) is 9.46 Å². The Morgan fingerprint density at radius 3 is 2.15 bits per heavy atom. The predicted molar refractivity (Wildman–Crippen MR) is 50.4 cm³/mol. The number of nitrogens with zero attached hydrogens (tertiary/aromatic N) is 1. The van der Waals surface area contributed by atoms with Crippen molar-refractivity contribution in [1.29, 1.82) is 5.26 Å². The first-order valence-corrected chi connectivity index (χ1v) is 5.96. The van der Waals surface area contributed by atoms with Gasteiger partial charge < -0.3 is 9.42 Å². The van der Waals surface area contributed by atoms with E-state index in [1.807, 2.05) is 6.07 Å². The smallest absolute Gasteiger partial charge is 0.323 e. The second-order valence-corrected chi connectivity index (χ2v) is 4.94. The predicted octanol–water partition coefficient (Wildman–Crippen LogP) is 2.29. The van der Waals surface area contributed by atoms with E-state index in [0.29, 0.717) is 12.8 Å². The van der Waals surface area contributed by atoms with E-state index in [0.717, 1.165) is 0 Å². The molecule has 1 N–H and O–H groups in total. The van der Waals surface area contributed by atoms with Crippen LogP contribution in [0.15, 0.2) is 0 Å². The molecule has 0 rings (SSSR count). The molecule has 0 aliphatic heterocycles. The minimum absolute atomic E-state index is 0.150. The second kappa shape index (κ2) is 4.76. The molecule has 0 aromatic heterocycles. The van der Waals surface area contributed by atoms with Crippen molar-refractivity contribution in [1.82, 2.24) is 0 Å². The van der Waals surface area contributed by atoms with Crippen LogP contribution in [0.5, 0.6) is 0 Å². The highest BCUT2D eigenvalue weighted by Crippen LogP contribution is 2.58. The number of rotatable bonds is 5. The Hall–Kier alpha value is -0.360.